The first-order valence-corrected chi connectivity index (χ1v) is 6.15. The van der Waals surface area contributed by atoms with Gasteiger partial charge >= 0.3 is 6.18 Å². The highest BCUT2D eigenvalue weighted by molar-refractivity contribution is 5.55. The Morgan fingerprint density at radius 3 is 2.47 bits per heavy atom. The molecule has 2 heterocycles. The molecule has 0 amide bonds. The van der Waals surface area contributed by atoms with Crippen molar-refractivity contribution in [3.8, 4) is 0 Å². The van der Waals surface area contributed by atoms with Crippen LogP contribution in [0.1, 0.15) is 0 Å². The van der Waals surface area contributed by atoms with Gasteiger partial charge in [0, 0.05) is 33.2 Å². The first-order valence-electron chi connectivity index (χ1n) is 6.15. The third-order valence-electron chi connectivity index (χ3n) is 3.15. The average molecular weight is 274 g/mol. The van der Waals surface area contributed by atoms with Crippen LogP contribution in [0.25, 0.3) is 0 Å². The predicted molar refractivity (Wildman–Crippen MR) is 68.5 cm³/mol. The quantitative estimate of drug-likeness (QED) is 0.911. The second-order valence-electron chi connectivity index (χ2n) is 4.56. The smallest absolute Gasteiger partial charge is 0.387 e. The zero-order valence-electron chi connectivity index (χ0n) is 10.7. The molecule has 0 atom stereocenters. The summed E-state index contributed by atoms with van der Waals surface area (Å²) >= 11 is 0. The largest absolute Gasteiger partial charge is 0.401 e. The second kappa shape index (κ2) is 5.64. The zero-order chi connectivity index (χ0) is 13.9. The first kappa shape index (κ1) is 13.9. The molecule has 1 aliphatic heterocycles. The van der Waals surface area contributed by atoms with E-state index in [1.54, 1.807) is 12.4 Å². The van der Waals surface area contributed by atoms with Gasteiger partial charge in [-0.25, -0.2) is 0 Å². The average Bonchev–Trinajstić information content (AvgIpc) is 2.38. The summed E-state index contributed by atoms with van der Waals surface area (Å²) in [6.45, 7) is 1.19. The standard InChI is InChI=1S/C12H17F3N4/c1-16-10-6-11(8-17-7-10)19-4-2-18(3-5-19)9-12(13,14)15/h6-8,16H,2-5,9H2,1H3. The van der Waals surface area contributed by atoms with Gasteiger partial charge in [-0.1, -0.05) is 0 Å². The maximum absolute atomic E-state index is 12.3. The number of piperazine rings is 1. The van der Waals surface area contributed by atoms with Gasteiger partial charge in [0.25, 0.3) is 0 Å². The lowest BCUT2D eigenvalue weighted by Gasteiger charge is -2.36. The van der Waals surface area contributed by atoms with Gasteiger partial charge in [-0.15, -0.1) is 0 Å². The summed E-state index contributed by atoms with van der Waals surface area (Å²) in [5.74, 6) is 0. The molecular formula is C12H17F3N4. The lowest BCUT2D eigenvalue weighted by molar-refractivity contribution is -0.146. The van der Waals surface area contributed by atoms with Crippen molar-refractivity contribution in [1.29, 1.82) is 0 Å². The number of hydrogen-bond donors (Lipinski definition) is 1. The number of hydrogen-bond acceptors (Lipinski definition) is 4. The monoisotopic (exact) mass is 274 g/mol. The molecule has 0 saturated carbocycles. The van der Waals surface area contributed by atoms with Crippen LogP contribution in [0.3, 0.4) is 0 Å². The van der Waals surface area contributed by atoms with E-state index >= 15 is 0 Å². The van der Waals surface area contributed by atoms with E-state index in [4.69, 9.17) is 0 Å². The summed E-state index contributed by atoms with van der Waals surface area (Å²) < 4.78 is 36.9. The van der Waals surface area contributed by atoms with E-state index < -0.39 is 12.7 Å². The number of halogens is 3. The Bertz CT molecular complexity index is 414. The highest BCUT2D eigenvalue weighted by atomic mass is 19.4. The molecule has 1 aromatic rings. The molecule has 4 nitrogen and oxygen atoms in total. The van der Waals surface area contributed by atoms with Gasteiger partial charge in [0.05, 0.1) is 30.3 Å². The third kappa shape index (κ3) is 3.99. The summed E-state index contributed by atoms with van der Waals surface area (Å²) in [6.07, 6.45) is -0.667. The maximum Gasteiger partial charge on any atom is 0.401 e. The maximum atomic E-state index is 12.3. The van der Waals surface area contributed by atoms with E-state index in [-0.39, 0.29) is 0 Å². The second-order valence-corrected chi connectivity index (χ2v) is 4.56. The van der Waals surface area contributed by atoms with Crippen molar-refractivity contribution >= 4 is 11.4 Å². The van der Waals surface area contributed by atoms with Crippen LogP contribution in [-0.2, 0) is 0 Å². The summed E-state index contributed by atoms with van der Waals surface area (Å²) in [5, 5.41) is 3.00. The summed E-state index contributed by atoms with van der Waals surface area (Å²) in [7, 11) is 1.81. The predicted octanol–water partition coefficient (Wildman–Crippen LogP) is 1.81. The Morgan fingerprint density at radius 1 is 1.21 bits per heavy atom. The Morgan fingerprint density at radius 2 is 1.89 bits per heavy atom. The van der Waals surface area contributed by atoms with Crippen LogP contribution in [0.15, 0.2) is 18.5 Å². The third-order valence-corrected chi connectivity index (χ3v) is 3.15. The van der Waals surface area contributed by atoms with Gasteiger partial charge in [-0.3, -0.25) is 9.88 Å². The SMILES string of the molecule is CNc1cncc(N2CCN(CC(F)(F)F)CC2)c1. The van der Waals surface area contributed by atoms with Crippen molar-refractivity contribution in [2.45, 2.75) is 6.18 Å². The molecule has 0 bridgehead atoms. The Kier molecular flexibility index (Phi) is 4.14. The Labute approximate surface area is 110 Å². The van der Waals surface area contributed by atoms with Crippen LogP contribution in [0, 0.1) is 0 Å². The Balaban J connectivity index is 1.92. The van der Waals surface area contributed by atoms with Crippen LogP contribution >= 0.6 is 0 Å². The molecule has 0 aliphatic carbocycles. The van der Waals surface area contributed by atoms with E-state index in [2.05, 4.69) is 15.2 Å². The molecule has 0 radical (unpaired) electrons. The van der Waals surface area contributed by atoms with Crippen molar-refractivity contribution in [2.24, 2.45) is 0 Å². The van der Waals surface area contributed by atoms with Gasteiger partial charge in [0.15, 0.2) is 0 Å². The van der Waals surface area contributed by atoms with Crippen molar-refractivity contribution < 1.29 is 13.2 Å². The minimum Gasteiger partial charge on any atom is -0.387 e. The van der Waals surface area contributed by atoms with Crippen LogP contribution in [-0.4, -0.2) is 55.8 Å². The molecule has 0 spiro atoms. The molecule has 1 fully saturated rings. The van der Waals surface area contributed by atoms with E-state index in [1.807, 2.05) is 13.1 Å². The van der Waals surface area contributed by atoms with Gasteiger partial charge in [-0.05, 0) is 6.07 Å². The number of nitrogens with zero attached hydrogens (tertiary/aromatic N) is 3. The lowest BCUT2D eigenvalue weighted by Crippen LogP contribution is -2.49. The van der Waals surface area contributed by atoms with Crippen molar-refractivity contribution in [1.82, 2.24) is 9.88 Å². The van der Waals surface area contributed by atoms with E-state index in [0.29, 0.717) is 26.2 Å². The topological polar surface area (TPSA) is 31.4 Å². The molecule has 1 saturated heterocycles. The molecule has 106 valence electrons. The first-order chi connectivity index (χ1) is 8.98. The highest BCUT2D eigenvalue weighted by Gasteiger charge is 2.32. The van der Waals surface area contributed by atoms with Crippen LogP contribution < -0.4 is 10.2 Å². The van der Waals surface area contributed by atoms with Crippen molar-refractivity contribution in [3.63, 3.8) is 0 Å². The fraction of sp³-hybridized carbons (Fsp3) is 0.583. The lowest BCUT2D eigenvalue weighted by atomic mass is 10.2. The van der Waals surface area contributed by atoms with Crippen LogP contribution in [0.2, 0.25) is 0 Å². The minimum atomic E-state index is -4.12. The molecule has 0 unspecified atom stereocenters. The molecule has 2 rings (SSSR count). The van der Waals surface area contributed by atoms with Gasteiger partial charge in [0.1, 0.15) is 0 Å². The van der Waals surface area contributed by atoms with Crippen molar-refractivity contribution in [3.05, 3.63) is 18.5 Å². The number of alkyl halides is 3. The number of anilines is 2. The number of aromatic nitrogens is 1. The van der Waals surface area contributed by atoms with Gasteiger partial charge < -0.3 is 10.2 Å². The van der Waals surface area contributed by atoms with Crippen LogP contribution in [0.5, 0.6) is 0 Å². The summed E-state index contributed by atoms with van der Waals surface area (Å²) in [5.41, 5.74) is 1.84. The number of pyridine rings is 1. The number of nitrogens with one attached hydrogen (secondary N) is 1. The highest BCUT2D eigenvalue weighted by Crippen LogP contribution is 2.21. The molecule has 7 heteroatoms. The van der Waals surface area contributed by atoms with Gasteiger partial charge in [0.2, 0.25) is 0 Å². The molecule has 19 heavy (non-hydrogen) atoms. The van der Waals surface area contributed by atoms with E-state index in [0.717, 1.165) is 11.4 Å². The fourth-order valence-electron chi connectivity index (χ4n) is 2.16. The Hall–Kier alpha value is -1.50. The fourth-order valence-corrected chi connectivity index (χ4v) is 2.16. The molecular weight excluding hydrogens is 257 g/mol. The minimum absolute atomic E-state index is 0.420. The van der Waals surface area contributed by atoms with Crippen molar-refractivity contribution in [2.75, 3.05) is 50.0 Å². The summed E-state index contributed by atoms with van der Waals surface area (Å²) in [6, 6.07) is 1.95. The van der Waals surface area contributed by atoms with E-state index in [1.165, 1.54) is 4.90 Å². The number of rotatable bonds is 3. The summed E-state index contributed by atoms with van der Waals surface area (Å²) in [4.78, 5) is 7.60. The van der Waals surface area contributed by atoms with Crippen LogP contribution in [0.4, 0.5) is 24.5 Å². The molecule has 0 aromatic carbocycles. The molecule has 1 N–H and O–H groups in total. The molecule has 1 aromatic heterocycles. The van der Waals surface area contributed by atoms with E-state index in [9.17, 15) is 13.2 Å². The van der Waals surface area contributed by atoms with Gasteiger partial charge in [-0.2, -0.15) is 13.2 Å². The normalized spacial score (nSPS) is 17.6. The zero-order valence-corrected chi connectivity index (χ0v) is 10.7. The molecule has 1 aliphatic rings.